The first-order chi connectivity index (χ1) is 9.31. The monoisotopic (exact) mass is 299 g/mol. The summed E-state index contributed by atoms with van der Waals surface area (Å²) in [6, 6.07) is 5.95. The van der Waals surface area contributed by atoms with Gasteiger partial charge in [-0.15, -0.1) is 0 Å². The van der Waals surface area contributed by atoms with E-state index in [1.807, 2.05) is 6.92 Å². The van der Waals surface area contributed by atoms with Crippen LogP contribution in [0.2, 0.25) is 0 Å². The minimum absolute atomic E-state index is 0.225. The van der Waals surface area contributed by atoms with Gasteiger partial charge in [0.25, 0.3) is 0 Å². The summed E-state index contributed by atoms with van der Waals surface area (Å²) in [6.07, 6.45) is 2.54. The highest BCUT2D eigenvalue weighted by Gasteiger charge is 2.13. The minimum atomic E-state index is -3.54. The largest absolute Gasteiger partial charge is 0.325 e. The van der Waals surface area contributed by atoms with Gasteiger partial charge < -0.3 is 11.1 Å². The maximum Gasteiger partial charge on any atom is 0.241 e. The van der Waals surface area contributed by atoms with Crippen LogP contribution in [0.4, 0.5) is 5.69 Å². The lowest BCUT2D eigenvalue weighted by Crippen LogP contribution is -2.35. The summed E-state index contributed by atoms with van der Waals surface area (Å²) in [5.74, 6) is -0.463. The maximum absolute atomic E-state index is 11.8. The van der Waals surface area contributed by atoms with Crippen molar-refractivity contribution in [3.05, 3.63) is 29.8 Å². The first-order valence-corrected chi connectivity index (χ1v) is 8.19. The average Bonchev–Trinajstić information content (AvgIpc) is 2.36. The number of carbonyl (C=O) groups is 1. The Bertz CT molecular complexity index is 540. The van der Waals surface area contributed by atoms with Crippen LogP contribution in [-0.2, 0) is 20.6 Å². The Kier molecular flexibility index (Phi) is 6.12. The van der Waals surface area contributed by atoms with E-state index in [9.17, 15) is 13.2 Å². The normalized spacial score (nSPS) is 12.9. The first-order valence-electron chi connectivity index (χ1n) is 6.47. The quantitative estimate of drug-likeness (QED) is 0.694. The lowest BCUT2D eigenvalue weighted by atomic mass is 10.1. The molecule has 0 heterocycles. The molecular formula is C13H21N3O3S. The fraction of sp³-hybridized carbons (Fsp3) is 0.462. The molecule has 20 heavy (non-hydrogen) atoms. The van der Waals surface area contributed by atoms with Crippen molar-refractivity contribution < 1.29 is 13.2 Å². The van der Waals surface area contributed by atoms with Crippen LogP contribution in [0, 0.1) is 0 Å². The number of sulfonamides is 1. The number of rotatable bonds is 7. The highest BCUT2D eigenvalue weighted by Crippen LogP contribution is 2.12. The van der Waals surface area contributed by atoms with Crippen molar-refractivity contribution in [1.82, 2.24) is 0 Å². The van der Waals surface area contributed by atoms with E-state index in [1.54, 1.807) is 24.3 Å². The van der Waals surface area contributed by atoms with E-state index < -0.39 is 16.1 Å². The maximum atomic E-state index is 11.8. The predicted molar refractivity (Wildman–Crippen MR) is 79.4 cm³/mol. The second kappa shape index (κ2) is 7.37. The van der Waals surface area contributed by atoms with E-state index in [2.05, 4.69) is 5.32 Å². The molecule has 0 aliphatic rings. The zero-order valence-corrected chi connectivity index (χ0v) is 12.3. The SMILES string of the molecule is CCCCC(N)C(=O)Nc1ccc(CS(N)(=O)=O)cc1. The van der Waals surface area contributed by atoms with E-state index in [0.717, 1.165) is 12.8 Å². The molecular weight excluding hydrogens is 278 g/mol. The molecule has 0 aliphatic heterocycles. The molecule has 0 spiro atoms. The van der Waals surface area contributed by atoms with Crippen LogP contribution in [-0.4, -0.2) is 20.4 Å². The smallest absolute Gasteiger partial charge is 0.241 e. The summed E-state index contributed by atoms with van der Waals surface area (Å²) in [5, 5.41) is 7.65. The Hall–Kier alpha value is -1.44. The molecule has 0 saturated carbocycles. The second-order valence-electron chi connectivity index (χ2n) is 4.74. The third-order valence-corrected chi connectivity index (χ3v) is 3.53. The zero-order valence-electron chi connectivity index (χ0n) is 11.5. The van der Waals surface area contributed by atoms with Gasteiger partial charge in [0.05, 0.1) is 11.8 Å². The van der Waals surface area contributed by atoms with Crippen molar-refractivity contribution in [2.75, 3.05) is 5.32 Å². The molecule has 6 nitrogen and oxygen atoms in total. The summed E-state index contributed by atoms with van der Waals surface area (Å²) in [5.41, 5.74) is 6.91. The number of carbonyl (C=O) groups excluding carboxylic acids is 1. The van der Waals surface area contributed by atoms with E-state index in [0.29, 0.717) is 17.7 Å². The standard InChI is InChI=1S/C13H21N3O3S/c1-2-3-4-12(14)13(17)16-11-7-5-10(6-8-11)9-20(15,18)19/h5-8,12H,2-4,9,14H2,1H3,(H,16,17)(H2,15,18,19). The summed E-state index contributed by atoms with van der Waals surface area (Å²) >= 11 is 0. The number of benzene rings is 1. The number of unbranched alkanes of at least 4 members (excludes halogenated alkanes) is 1. The molecule has 0 radical (unpaired) electrons. The Morgan fingerprint density at radius 2 is 1.90 bits per heavy atom. The van der Waals surface area contributed by atoms with Crippen molar-refractivity contribution in [2.45, 2.75) is 38.0 Å². The molecule has 1 aromatic rings. The molecule has 112 valence electrons. The van der Waals surface area contributed by atoms with Crippen molar-refractivity contribution in [3.63, 3.8) is 0 Å². The highest BCUT2D eigenvalue weighted by atomic mass is 32.2. The fourth-order valence-corrected chi connectivity index (χ4v) is 2.36. The summed E-state index contributed by atoms with van der Waals surface area (Å²) < 4.78 is 21.9. The van der Waals surface area contributed by atoms with Gasteiger partial charge in [0.15, 0.2) is 0 Å². The minimum Gasteiger partial charge on any atom is -0.325 e. The second-order valence-corrected chi connectivity index (χ2v) is 6.36. The molecule has 1 atom stereocenters. The molecule has 0 fully saturated rings. The van der Waals surface area contributed by atoms with Crippen LogP contribution in [0.3, 0.4) is 0 Å². The van der Waals surface area contributed by atoms with Crippen LogP contribution in [0.25, 0.3) is 0 Å². The van der Waals surface area contributed by atoms with E-state index in [-0.39, 0.29) is 11.7 Å². The van der Waals surface area contributed by atoms with Gasteiger partial charge >= 0.3 is 0 Å². The Labute approximate surface area is 119 Å². The number of amides is 1. The molecule has 7 heteroatoms. The third-order valence-electron chi connectivity index (χ3n) is 2.79. The lowest BCUT2D eigenvalue weighted by molar-refractivity contribution is -0.117. The van der Waals surface area contributed by atoms with Gasteiger partial charge in [0, 0.05) is 5.69 Å². The average molecular weight is 299 g/mol. The molecule has 0 aromatic heterocycles. The van der Waals surface area contributed by atoms with E-state index in [4.69, 9.17) is 10.9 Å². The van der Waals surface area contributed by atoms with Gasteiger partial charge in [-0.2, -0.15) is 0 Å². The Balaban J connectivity index is 2.59. The van der Waals surface area contributed by atoms with Crippen LogP contribution in [0.1, 0.15) is 31.7 Å². The summed E-state index contributed by atoms with van der Waals surface area (Å²) in [6.45, 7) is 2.04. The van der Waals surface area contributed by atoms with Crippen molar-refractivity contribution in [3.8, 4) is 0 Å². The molecule has 1 rings (SSSR count). The van der Waals surface area contributed by atoms with Gasteiger partial charge in [0.2, 0.25) is 15.9 Å². The molecule has 0 aliphatic carbocycles. The number of nitrogens with one attached hydrogen (secondary N) is 1. The van der Waals surface area contributed by atoms with Crippen molar-refractivity contribution in [1.29, 1.82) is 0 Å². The van der Waals surface area contributed by atoms with Crippen molar-refractivity contribution in [2.24, 2.45) is 10.9 Å². The number of hydrogen-bond donors (Lipinski definition) is 3. The number of primary sulfonamides is 1. The van der Waals surface area contributed by atoms with Gasteiger partial charge in [-0.05, 0) is 24.1 Å². The van der Waals surface area contributed by atoms with E-state index >= 15 is 0 Å². The third kappa shape index (κ3) is 6.14. The highest BCUT2D eigenvalue weighted by molar-refractivity contribution is 7.88. The summed E-state index contributed by atoms with van der Waals surface area (Å²) in [7, 11) is -3.54. The zero-order chi connectivity index (χ0) is 15.2. The van der Waals surface area contributed by atoms with Gasteiger partial charge in [-0.1, -0.05) is 31.9 Å². The number of anilines is 1. The predicted octanol–water partition coefficient (Wildman–Crippen LogP) is 0.931. The van der Waals surface area contributed by atoms with Crippen LogP contribution >= 0.6 is 0 Å². The molecule has 0 saturated heterocycles. The van der Waals surface area contributed by atoms with Gasteiger partial charge in [0.1, 0.15) is 0 Å². The topological polar surface area (TPSA) is 115 Å². The first kappa shape index (κ1) is 16.6. The number of nitrogens with two attached hydrogens (primary N) is 2. The van der Waals surface area contributed by atoms with Crippen LogP contribution in [0.5, 0.6) is 0 Å². The van der Waals surface area contributed by atoms with Crippen LogP contribution < -0.4 is 16.2 Å². The van der Waals surface area contributed by atoms with Gasteiger partial charge in [-0.25, -0.2) is 13.6 Å². The molecule has 1 unspecified atom stereocenters. The number of hydrogen-bond acceptors (Lipinski definition) is 4. The fourth-order valence-electron chi connectivity index (χ4n) is 1.71. The molecule has 1 aromatic carbocycles. The lowest BCUT2D eigenvalue weighted by Gasteiger charge is -2.12. The van der Waals surface area contributed by atoms with Crippen LogP contribution in [0.15, 0.2) is 24.3 Å². The Morgan fingerprint density at radius 1 is 1.30 bits per heavy atom. The molecule has 0 bridgehead atoms. The molecule has 1 amide bonds. The van der Waals surface area contributed by atoms with Gasteiger partial charge in [-0.3, -0.25) is 4.79 Å². The summed E-state index contributed by atoms with van der Waals surface area (Å²) in [4.78, 5) is 11.8. The van der Waals surface area contributed by atoms with Crippen molar-refractivity contribution >= 4 is 21.6 Å². The Morgan fingerprint density at radius 3 is 2.40 bits per heavy atom. The molecule has 5 N–H and O–H groups in total. The van der Waals surface area contributed by atoms with E-state index in [1.165, 1.54) is 0 Å².